The van der Waals surface area contributed by atoms with Gasteiger partial charge in [0.05, 0.1) is 11.6 Å². The van der Waals surface area contributed by atoms with Crippen LogP contribution < -0.4 is 5.32 Å². The molecule has 3 heterocycles. The highest BCUT2D eigenvalue weighted by atomic mass is 16.5. The summed E-state index contributed by atoms with van der Waals surface area (Å²) >= 11 is 0. The van der Waals surface area contributed by atoms with Crippen LogP contribution in [-0.2, 0) is 4.79 Å². The van der Waals surface area contributed by atoms with Gasteiger partial charge in [-0.25, -0.2) is 0 Å². The van der Waals surface area contributed by atoms with Crippen LogP contribution in [0.25, 0.3) is 0 Å². The van der Waals surface area contributed by atoms with Crippen molar-refractivity contribution >= 4 is 11.8 Å². The van der Waals surface area contributed by atoms with Gasteiger partial charge in [-0.3, -0.25) is 14.5 Å². The Kier molecular flexibility index (Phi) is 5.21. The predicted molar refractivity (Wildman–Crippen MR) is 100 cm³/mol. The van der Waals surface area contributed by atoms with Crippen LogP contribution in [0.4, 0.5) is 0 Å². The van der Waals surface area contributed by atoms with Gasteiger partial charge in [-0.15, -0.1) is 0 Å². The number of aromatic nitrogens is 1. The molecule has 1 aromatic rings. The maximum absolute atomic E-state index is 12.8. The maximum Gasteiger partial charge on any atom is 0.259 e. The molecule has 2 saturated heterocycles. The summed E-state index contributed by atoms with van der Waals surface area (Å²) in [5, 5.41) is 7.06. The number of carbonyl (C=O) groups is 2. The van der Waals surface area contributed by atoms with Crippen LogP contribution in [0.5, 0.6) is 0 Å². The van der Waals surface area contributed by atoms with Crippen molar-refractivity contribution in [1.29, 1.82) is 0 Å². The Bertz CT molecular complexity index is 685. The minimum atomic E-state index is 0.0324. The van der Waals surface area contributed by atoms with E-state index in [1.54, 1.807) is 6.92 Å². The smallest absolute Gasteiger partial charge is 0.259 e. The fourth-order valence-electron chi connectivity index (χ4n) is 4.48. The van der Waals surface area contributed by atoms with Crippen molar-refractivity contribution in [3.8, 4) is 0 Å². The predicted octanol–water partition coefficient (Wildman–Crippen LogP) is 1.89. The molecule has 3 aliphatic rings. The number of hydrogen-bond donors (Lipinski definition) is 1. The topological polar surface area (TPSA) is 78.7 Å². The number of aryl methyl sites for hydroxylation is 2. The number of carbonyl (C=O) groups excluding carboxylic acids is 2. The van der Waals surface area contributed by atoms with E-state index in [2.05, 4.69) is 15.4 Å². The van der Waals surface area contributed by atoms with E-state index in [0.29, 0.717) is 29.1 Å². The molecule has 148 valence electrons. The first-order valence-electron chi connectivity index (χ1n) is 10.3. The van der Waals surface area contributed by atoms with Gasteiger partial charge in [0.2, 0.25) is 5.91 Å². The molecule has 1 aromatic heterocycles. The summed E-state index contributed by atoms with van der Waals surface area (Å²) in [7, 11) is 0. The Balaban J connectivity index is 1.30. The lowest BCUT2D eigenvalue weighted by Gasteiger charge is -2.42. The van der Waals surface area contributed by atoms with Gasteiger partial charge in [-0.2, -0.15) is 0 Å². The summed E-state index contributed by atoms with van der Waals surface area (Å²) in [6.45, 7) is 7.04. The number of nitrogens with one attached hydrogen (secondary N) is 1. The second-order valence-electron chi connectivity index (χ2n) is 8.34. The van der Waals surface area contributed by atoms with Crippen LogP contribution in [0, 0.1) is 19.8 Å². The normalized spacial score (nSPS) is 24.8. The number of amides is 2. The van der Waals surface area contributed by atoms with Gasteiger partial charge >= 0.3 is 0 Å². The van der Waals surface area contributed by atoms with Crippen molar-refractivity contribution < 1.29 is 14.1 Å². The quantitative estimate of drug-likeness (QED) is 0.871. The second kappa shape index (κ2) is 7.62. The molecule has 7 nitrogen and oxygen atoms in total. The molecule has 0 bridgehead atoms. The SMILES string of the molecule is Cc1noc(C)c1C(=O)N1CCC(N2CCC[C@@H](C(=O)NC3CC3)C2)CC1. The van der Waals surface area contributed by atoms with Crippen molar-refractivity contribution in [3.05, 3.63) is 17.0 Å². The van der Waals surface area contributed by atoms with Crippen molar-refractivity contribution in [3.63, 3.8) is 0 Å². The summed E-state index contributed by atoms with van der Waals surface area (Å²) in [5.41, 5.74) is 1.28. The zero-order valence-corrected chi connectivity index (χ0v) is 16.4. The minimum absolute atomic E-state index is 0.0324. The van der Waals surface area contributed by atoms with Crippen molar-refractivity contribution in [2.24, 2.45) is 5.92 Å². The van der Waals surface area contributed by atoms with Crippen LogP contribution in [0.15, 0.2) is 4.52 Å². The molecule has 0 radical (unpaired) electrons. The van der Waals surface area contributed by atoms with Crippen LogP contribution in [0.2, 0.25) is 0 Å². The summed E-state index contributed by atoms with van der Waals surface area (Å²) < 4.78 is 5.15. The molecule has 0 spiro atoms. The van der Waals surface area contributed by atoms with E-state index in [-0.39, 0.29) is 17.7 Å². The van der Waals surface area contributed by atoms with Gasteiger partial charge in [-0.1, -0.05) is 5.16 Å². The van der Waals surface area contributed by atoms with Crippen LogP contribution >= 0.6 is 0 Å². The Hall–Kier alpha value is -1.89. The van der Waals surface area contributed by atoms with E-state index in [1.165, 1.54) is 0 Å². The van der Waals surface area contributed by atoms with Gasteiger partial charge in [0.1, 0.15) is 11.3 Å². The molecule has 1 aliphatic carbocycles. The van der Waals surface area contributed by atoms with Gasteiger partial charge in [0.15, 0.2) is 0 Å². The van der Waals surface area contributed by atoms with Crippen molar-refractivity contribution in [1.82, 2.24) is 20.3 Å². The lowest BCUT2D eigenvalue weighted by Crippen LogP contribution is -2.51. The largest absolute Gasteiger partial charge is 0.361 e. The Morgan fingerprint density at radius 3 is 2.44 bits per heavy atom. The third kappa shape index (κ3) is 4.03. The molecule has 1 saturated carbocycles. The summed E-state index contributed by atoms with van der Waals surface area (Å²) in [6, 6.07) is 0.904. The first kappa shape index (κ1) is 18.5. The van der Waals surface area contributed by atoms with Crippen molar-refractivity contribution in [2.45, 2.75) is 64.5 Å². The number of likely N-dealkylation sites (tertiary alicyclic amines) is 2. The number of rotatable bonds is 4. The molecule has 4 rings (SSSR count). The second-order valence-corrected chi connectivity index (χ2v) is 8.34. The van der Waals surface area contributed by atoms with E-state index in [9.17, 15) is 9.59 Å². The van der Waals surface area contributed by atoms with Crippen LogP contribution in [0.3, 0.4) is 0 Å². The monoisotopic (exact) mass is 374 g/mol. The highest BCUT2D eigenvalue weighted by molar-refractivity contribution is 5.96. The number of piperidine rings is 2. The third-order valence-electron chi connectivity index (χ3n) is 6.26. The molecule has 0 unspecified atom stereocenters. The first-order valence-corrected chi connectivity index (χ1v) is 10.3. The van der Waals surface area contributed by atoms with E-state index in [4.69, 9.17) is 4.52 Å². The third-order valence-corrected chi connectivity index (χ3v) is 6.26. The Morgan fingerprint density at radius 1 is 1.07 bits per heavy atom. The molecule has 27 heavy (non-hydrogen) atoms. The van der Waals surface area contributed by atoms with E-state index >= 15 is 0 Å². The number of hydrogen-bond acceptors (Lipinski definition) is 5. The average molecular weight is 374 g/mol. The molecule has 2 aliphatic heterocycles. The van der Waals surface area contributed by atoms with E-state index in [1.807, 2.05) is 11.8 Å². The minimum Gasteiger partial charge on any atom is -0.361 e. The highest BCUT2D eigenvalue weighted by Crippen LogP contribution is 2.27. The van der Waals surface area contributed by atoms with E-state index in [0.717, 1.165) is 64.7 Å². The first-order chi connectivity index (χ1) is 13.0. The average Bonchev–Trinajstić information content (AvgIpc) is 3.44. The molecular formula is C20H30N4O3. The van der Waals surface area contributed by atoms with Crippen molar-refractivity contribution in [2.75, 3.05) is 26.2 Å². The van der Waals surface area contributed by atoms with Crippen LogP contribution in [-0.4, -0.2) is 65.0 Å². The molecule has 0 aromatic carbocycles. The summed E-state index contributed by atoms with van der Waals surface area (Å²) in [5.74, 6) is 1.000. The van der Waals surface area contributed by atoms with Gasteiger partial charge < -0.3 is 14.7 Å². The molecule has 1 N–H and O–H groups in total. The zero-order chi connectivity index (χ0) is 19.0. The standard InChI is InChI=1S/C20H30N4O3/c1-13-18(14(2)27-22-13)20(26)23-10-7-17(8-11-23)24-9-3-4-15(12-24)19(25)21-16-5-6-16/h15-17H,3-12H2,1-2H3,(H,21,25)/t15-/m1/s1. The number of nitrogens with zero attached hydrogens (tertiary/aromatic N) is 3. The Labute approximate surface area is 160 Å². The zero-order valence-electron chi connectivity index (χ0n) is 16.4. The fourth-order valence-corrected chi connectivity index (χ4v) is 4.48. The fraction of sp³-hybridized carbons (Fsp3) is 0.750. The Morgan fingerprint density at radius 2 is 1.81 bits per heavy atom. The van der Waals surface area contributed by atoms with Crippen LogP contribution in [0.1, 0.15) is 60.3 Å². The summed E-state index contributed by atoms with van der Waals surface area (Å²) in [6.07, 6.45) is 6.29. The van der Waals surface area contributed by atoms with Gasteiger partial charge in [0, 0.05) is 31.7 Å². The molecule has 1 atom stereocenters. The maximum atomic E-state index is 12.8. The van der Waals surface area contributed by atoms with Gasteiger partial charge in [-0.05, 0) is 58.9 Å². The van der Waals surface area contributed by atoms with E-state index < -0.39 is 0 Å². The highest BCUT2D eigenvalue weighted by Gasteiger charge is 2.35. The molecule has 3 fully saturated rings. The summed E-state index contributed by atoms with van der Waals surface area (Å²) in [4.78, 5) is 29.6. The molecule has 7 heteroatoms. The van der Waals surface area contributed by atoms with Gasteiger partial charge in [0.25, 0.3) is 5.91 Å². The lowest BCUT2D eigenvalue weighted by atomic mass is 9.93. The lowest BCUT2D eigenvalue weighted by molar-refractivity contribution is -0.127. The molecular weight excluding hydrogens is 344 g/mol. The molecule has 2 amide bonds.